The van der Waals surface area contributed by atoms with Gasteiger partial charge in [0.05, 0.1) is 31.3 Å². The van der Waals surface area contributed by atoms with Gasteiger partial charge in [0.25, 0.3) is 5.91 Å². The lowest BCUT2D eigenvalue weighted by Gasteiger charge is -2.31. The second kappa shape index (κ2) is 10.9. The lowest BCUT2D eigenvalue weighted by Crippen LogP contribution is -2.43. The standard InChI is InChI=1S/C25H28N2O6S/c1-31-20-9-7-19(8-10-20)23(17-27-13-15-32-16-14-27)26-25(28)24-12-11-21(33-24)18-34(29,30)22-5-3-2-4-6-22/h2-12,23H,13-18H2,1H3,(H,26,28). The number of sulfone groups is 1. The van der Waals surface area contributed by atoms with E-state index in [1.165, 1.54) is 24.3 Å². The predicted octanol–water partition coefficient (Wildman–Crippen LogP) is 3.07. The molecule has 3 aromatic rings. The number of amides is 1. The fourth-order valence-corrected chi connectivity index (χ4v) is 5.09. The SMILES string of the molecule is COc1ccc(C(CN2CCOCC2)NC(=O)c2ccc(CS(=O)(=O)c3ccccc3)o2)cc1. The molecule has 0 spiro atoms. The number of hydrogen-bond donors (Lipinski definition) is 1. The van der Waals surface area contributed by atoms with E-state index in [-0.39, 0.29) is 28.2 Å². The molecule has 0 radical (unpaired) electrons. The first-order valence-electron chi connectivity index (χ1n) is 11.1. The molecular formula is C25H28N2O6S. The quantitative estimate of drug-likeness (QED) is 0.498. The van der Waals surface area contributed by atoms with E-state index in [0.717, 1.165) is 24.4 Å². The van der Waals surface area contributed by atoms with E-state index in [4.69, 9.17) is 13.9 Å². The molecule has 1 N–H and O–H groups in total. The van der Waals surface area contributed by atoms with Crippen LogP contribution in [0.3, 0.4) is 0 Å². The lowest BCUT2D eigenvalue weighted by molar-refractivity contribution is 0.0331. The van der Waals surface area contributed by atoms with Crippen molar-refractivity contribution in [3.8, 4) is 5.75 Å². The Bertz CT molecular complexity index is 1190. The van der Waals surface area contributed by atoms with Crippen molar-refractivity contribution in [3.05, 3.63) is 83.8 Å². The molecule has 1 atom stereocenters. The van der Waals surface area contributed by atoms with Crippen LogP contribution in [0.2, 0.25) is 0 Å². The van der Waals surface area contributed by atoms with Crippen molar-refractivity contribution in [1.29, 1.82) is 0 Å². The zero-order valence-electron chi connectivity index (χ0n) is 19.0. The van der Waals surface area contributed by atoms with Gasteiger partial charge in [0, 0.05) is 19.6 Å². The molecule has 9 heteroatoms. The van der Waals surface area contributed by atoms with Gasteiger partial charge in [-0.05, 0) is 42.0 Å². The van der Waals surface area contributed by atoms with Crippen LogP contribution in [0.4, 0.5) is 0 Å². The number of carbonyl (C=O) groups is 1. The minimum Gasteiger partial charge on any atom is -0.497 e. The smallest absolute Gasteiger partial charge is 0.287 e. The van der Waals surface area contributed by atoms with E-state index in [1.54, 1.807) is 25.3 Å². The highest BCUT2D eigenvalue weighted by Crippen LogP contribution is 2.22. The maximum absolute atomic E-state index is 13.0. The van der Waals surface area contributed by atoms with Crippen LogP contribution in [0.15, 0.2) is 76.0 Å². The van der Waals surface area contributed by atoms with Crippen LogP contribution in [-0.2, 0) is 20.3 Å². The third-order valence-corrected chi connectivity index (χ3v) is 7.34. The van der Waals surface area contributed by atoms with Gasteiger partial charge in [0.2, 0.25) is 0 Å². The molecule has 0 bridgehead atoms. The Hall–Kier alpha value is -3.14. The average molecular weight is 485 g/mol. The molecule has 1 saturated heterocycles. The minimum atomic E-state index is -3.57. The van der Waals surface area contributed by atoms with E-state index in [0.29, 0.717) is 19.8 Å². The second-order valence-electron chi connectivity index (χ2n) is 8.05. The molecule has 1 amide bonds. The van der Waals surface area contributed by atoms with Crippen LogP contribution < -0.4 is 10.1 Å². The Morgan fingerprint density at radius 1 is 1.03 bits per heavy atom. The molecule has 1 aliphatic heterocycles. The normalized spacial score (nSPS) is 15.6. The highest BCUT2D eigenvalue weighted by molar-refractivity contribution is 7.90. The third kappa shape index (κ3) is 6.05. The molecule has 2 aromatic carbocycles. The van der Waals surface area contributed by atoms with Gasteiger partial charge < -0.3 is 19.2 Å². The molecule has 0 saturated carbocycles. The molecule has 0 aliphatic carbocycles. The number of nitrogens with zero attached hydrogens (tertiary/aromatic N) is 1. The molecule has 1 unspecified atom stereocenters. The number of benzene rings is 2. The van der Waals surface area contributed by atoms with E-state index >= 15 is 0 Å². The Morgan fingerprint density at radius 3 is 2.41 bits per heavy atom. The summed E-state index contributed by atoms with van der Waals surface area (Å²) in [7, 11) is -1.97. The van der Waals surface area contributed by atoms with Gasteiger partial charge in [-0.15, -0.1) is 0 Å². The summed E-state index contributed by atoms with van der Waals surface area (Å²) in [6.07, 6.45) is 0. The zero-order chi connectivity index (χ0) is 24.0. The number of methoxy groups -OCH3 is 1. The van der Waals surface area contributed by atoms with Crippen LogP contribution in [-0.4, -0.2) is 59.2 Å². The van der Waals surface area contributed by atoms with E-state index in [9.17, 15) is 13.2 Å². The van der Waals surface area contributed by atoms with Crippen molar-refractivity contribution in [2.45, 2.75) is 16.7 Å². The van der Waals surface area contributed by atoms with Crippen molar-refractivity contribution in [3.63, 3.8) is 0 Å². The van der Waals surface area contributed by atoms with Crippen molar-refractivity contribution in [2.75, 3.05) is 40.0 Å². The summed E-state index contributed by atoms with van der Waals surface area (Å²) in [4.78, 5) is 15.5. The van der Waals surface area contributed by atoms with Crippen LogP contribution in [0.5, 0.6) is 5.75 Å². The molecule has 4 rings (SSSR count). The van der Waals surface area contributed by atoms with Crippen molar-refractivity contribution in [1.82, 2.24) is 10.2 Å². The molecule has 34 heavy (non-hydrogen) atoms. The minimum absolute atomic E-state index is 0.0683. The Kier molecular flexibility index (Phi) is 7.66. The Morgan fingerprint density at radius 2 is 1.74 bits per heavy atom. The average Bonchev–Trinajstić information content (AvgIpc) is 3.33. The Balaban J connectivity index is 1.48. The fraction of sp³-hybridized carbons (Fsp3) is 0.320. The van der Waals surface area contributed by atoms with Crippen LogP contribution in [0.1, 0.15) is 27.9 Å². The Labute approximate surface area is 199 Å². The van der Waals surface area contributed by atoms with Gasteiger partial charge in [-0.3, -0.25) is 9.69 Å². The third-order valence-electron chi connectivity index (χ3n) is 5.69. The maximum atomic E-state index is 13.0. The molecule has 2 heterocycles. The summed E-state index contributed by atoms with van der Waals surface area (Å²) in [5, 5.41) is 3.04. The first-order valence-corrected chi connectivity index (χ1v) is 12.7. The van der Waals surface area contributed by atoms with Gasteiger partial charge in [-0.2, -0.15) is 0 Å². The number of nitrogens with one attached hydrogen (secondary N) is 1. The number of ether oxygens (including phenoxy) is 2. The summed E-state index contributed by atoms with van der Waals surface area (Å²) >= 11 is 0. The first-order chi connectivity index (χ1) is 16.4. The monoisotopic (exact) mass is 484 g/mol. The van der Waals surface area contributed by atoms with Crippen molar-refractivity contribution < 1.29 is 27.1 Å². The summed E-state index contributed by atoms with van der Waals surface area (Å²) in [5.74, 6) is 0.287. The molecule has 1 aromatic heterocycles. The number of carbonyl (C=O) groups excluding carboxylic acids is 1. The van der Waals surface area contributed by atoms with Gasteiger partial charge in [-0.25, -0.2) is 8.42 Å². The zero-order valence-corrected chi connectivity index (χ0v) is 19.8. The van der Waals surface area contributed by atoms with Gasteiger partial charge in [0.1, 0.15) is 17.3 Å². The highest BCUT2D eigenvalue weighted by Gasteiger charge is 2.23. The summed E-state index contributed by atoms with van der Waals surface area (Å²) < 4.78 is 41.6. The maximum Gasteiger partial charge on any atom is 0.287 e. The van der Waals surface area contributed by atoms with Gasteiger partial charge >= 0.3 is 0 Å². The van der Waals surface area contributed by atoms with Gasteiger partial charge in [-0.1, -0.05) is 30.3 Å². The summed E-state index contributed by atoms with van der Waals surface area (Å²) in [6.45, 7) is 3.48. The van der Waals surface area contributed by atoms with Gasteiger partial charge in [0.15, 0.2) is 15.6 Å². The predicted molar refractivity (Wildman–Crippen MR) is 127 cm³/mol. The second-order valence-corrected chi connectivity index (χ2v) is 10.0. The van der Waals surface area contributed by atoms with Crippen LogP contribution >= 0.6 is 0 Å². The fourth-order valence-electron chi connectivity index (χ4n) is 3.82. The number of morpholine rings is 1. The van der Waals surface area contributed by atoms with E-state index < -0.39 is 15.7 Å². The molecule has 180 valence electrons. The lowest BCUT2D eigenvalue weighted by atomic mass is 10.1. The largest absolute Gasteiger partial charge is 0.497 e. The van der Waals surface area contributed by atoms with Crippen molar-refractivity contribution >= 4 is 15.7 Å². The van der Waals surface area contributed by atoms with E-state index in [2.05, 4.69) is 10.2 Å². The number of furan rings is 1. The first kappa shape index (κ1) is 24.0. The van der Waals surface area contributed by atoms with Crippen LogP contribution in [0.25, 0.3) is 0 Å². The highest BCUT2D eigenvalue weighted by atomic mass is 32.2. The number of rotatable bonds is 9. The van der Waals surface area contributed by atoms with Crippen LogP contribution in [0, 0.1) is 0 Å². The molecular weight excluding hydrogens is 456 g/mol. The molecule has 1 fully saturated rings. The summed E-state index contributed by atoms with van der Waals surface area (Å²) in [5.41, 5.74) is 0.930. The molecule has 8 nitrogen and oxygen atoms in total. The van der Waals surface area contributed by atoms with E-state index in [1.807, 2.05) is 24.3 Å². The summed E-state index contributed by atoms with van der Waals surface area (Å²) in [6, 6.07) is 18.5. The number of hydrogen-bond acceptors (Lipinski definition) is 7. The topological polar surface area (TPSA) is 98.1 Å². The molecule has 1 aliphatic rings. The van der Waals surface area contributed by atoms with Crippen molar-refractivity contribution in [2.24, 2.45) is 0 Å².